The Hall–Kier alpha value is -3.75. The maximum Gasteiger partial charge on any atom is 0.338 e. The van der Waals surface area contributed by atoms with Gasteiger partial charge < -0.3 is 24.3 Å². The number of nitrogens with one attached hydrogen (secondary N) is 1. The van der Waals surface area contributed by atoms with Crippen molar-refractivity contribution in [1.29, 1.82) is 0 Å². The number of para-hydroxylation sites is 1. The number of carbonyl (C=O) groups excluding carboxylic acids is 2. The first-order chi connectivity index (χ1) is 15.4. The molecule has 1 atom stereocenters. The zero-order chi connectivity index (χ0) is 23.3. The molecule has 0 radical (unpaired) electrons. The Labute approximate surface area is 185 Å². The number of benzene rings is 2. The minimum absolute atomic E-state index is 0.00108. The van der Waals surface area contributed by atoms with Crippen LogP contribution in [-0.4, -0.2) is 51.4 Å². The zero-order valence-electron chi connectivity index (χ0n) is 18.3. The van der Waals surface area contributed by atoms with Crippen LogP contribution in [0.3, 0.4) is 0 Å². The number of hydrogen-bond acceptors (Lipinski definition) is 6. The van der Waals surface area contributed by atoms with Crippen molar-refractivity contribution in [3.63, 3.8) is 0 Å². The molecule has 0 fully saturated rings. The second kappa shape index (κ2) is 10.0. The van der Waals surface area contributed by atoms with Crippen LogP contribution in [0.25, 0.3) is 0 Å². The molecule has 2 aromatic carbocycles. The second-order valence-electron chi connectivity index (χ2n) is 6.85. The third-order valence-corrected chi connectivity index (χ3v) is 5.02. The van der Waals surface area contributed by atoms with E-state index in [0.29, 0.717) is 17.1 Å². The molecule has 1 aliphatic rings. The first-order valence-electron chi connectivity index (χ1n) is 9.94. The van der Waals surface area contributed by atoms with E-state index in [-0.39, 0.29) is 30.2 Å². The molecule has 0 saturated carbocycles. The third kappa shape index (κ3) is 4.61. The number of amides is 2. The average molecular weight is 444 g/mol. The molecule has 0 aromatic heterocycles. The van der Waals surface area contributed by atoms with Crippen molar-refractivity contribution in [2.45, 2.75) is 13.0 Å². The van der Waals surface area contributed by atoms with Crippen molar-refractivity contribution < 1.29 is 32.9 Å². The number of rotatable bonds is 8. The Bertz CT molecular complexity index is 1040. The first-order valence-corrected chi connectivity index (χ1v) is 9.94. The SMILES string of the molecule is CCOC(=O)C1=C(COc2ccccc2F)N(C)C(=O)N[C@H]1c1ccc(OC)cc1OC. The smallest absolute Gasteiger partial charge is 0.338 e. The normalized spacial score (nSPS) is 15.8. The highest BCUT2D eigenvalue weighted by Gasteiger charge is 2.38. The summed E-state index contributed by atoms with van der Waals surface area (Å²) in [6.45, 7) is 1.59. The molecule has 1 N–H and O–H groups in total. The summed E-state index contributed by atoms with van der Waals surface area (Å²) < 4.78 is 35.6. The molecule has 0 aliphatic carbocycles. The van der Waals surface area contributed by atoms with Crippen LogP contribution in [0.1, 0.15) is 18.5 Å². The minimum atomic E-state index is -0.877. The monoisotopic (exact) mass is 444 g/mol. The number of esters is 1. The molecule has 32 heavy (non-hydrogen) atoms. The number of hydrogen-bond donors (Lipinski definition) is 1. The highest BCUT2D eigenvalue weighted by atomic mass is 19.1. The lowest BCUT2D eigenvalue weighted by atomic mass is 9.94. The summed E-state index contributed by atoms with van der Waals surface area (Å²) in [6, 6.07) is 9.59. The maximum atomic E-state index is 14.1. The highest BCUT2D eigenvalue weighted by molar-refractivity contribution is 5.95. The van der Waals surface area contributed by atoms with E-state index in [0.717, 1.165) is 0 Å². The van der Waals surface area contributed by atoms with Gasteiger partial charge in [0.15, 0.2) is 11.6 Å². The van der Waals surface area contributed by atoms with Crippen molar-refractivity contribution in [2.24, 2.45) is 0 Å². The lowest BCUT2D eigenvalue weighted by Gasteiger charge is -2.35. The maximum absolute atomic E-state index is 14.1. The molecule has 1 aliphatic heterocycles. The van der Waals surface area contributed by atoms with Gasteiger partial charge >= 0.3 is 12.0 Å². The third-order valence-electron chi connectivity index (χ3n) is 5.02. The predicted octanol–water partition coefficient (Wildman–Crippen LogP) is 3.44. The number of urea groups is 1. The molecule has 0 unspecified atom stereocenters. The van der Waals surface area contributed by atoms with Gasteiger partial charge in [-0.3, -0.25) is 4.90 Å². The fraction of sp³-hybridized carbons (Fsp3) is 0.304. The Morgan fingerprint density at radius 2 is 1.88 bits per heavy atom. The van der Waals surface area contributed by atoms with Gasteiger partial charge in [0.1, 0.15) is 18.1 Å². The van der Waals surface area contributed by atoms with E-state index >= 15 is 0 Å². The summed E-state index contributed by atoms with van der Waals surface area (Å²) in [5.74, 6) is -0.220. The van der Waals surface area contributed by atoms with E-state index in [9.17, 15) is 14.0 Å². The van der Waals surface area contributed by atoms with Gasteiger partial charge in [0.2, 0.25) is 0 Å². The first kappa shape index (κ1) is 22.9. The van der Waals surface area contributed by atoms with Crippen LogP contribution >= 0.6 is 0 Å². The van der Waals surface area contributed by atoms with E-state index in [1.165, 1.54) is 44.4 Å². The molecule has 2 amide bonds. The van der Waals surface area contributed by atoms with Gasteiger partial charge in [0, 0.05) is 18.7 Å². The van der Waals surface area contributed by atoms with Gasteiger partial charge in [0.25, 0.3) is 0 Å². The molecule has 3 rings (SSSR count). The lowest BCUT2D eigenvalue weighted by Crippen LogP contribution is -2.48. The van der Waals surface area contributed by atoms with Gasteiger partial charge in [-0.25, -0.2) is 14.0 Å². The quantitative estimate of drug-likeness (QED) is 0.628. The molecule has 170 valence electrons. The lowest BCUT2D eigenvalue weighted by molar-refractivity contribution is -0.139. The van der Waals surface area contributed by atoms with Gasteiger partial charge in [-0.15, -0.1) is 0 Å². The Balaban J connectivity index is 2.10. The largest absolute Gasteiger partial charge is 0.497 e. The summed E-state index contributed by atoms with van der Waals surface area (Å²) >= 11 is 0. The van der Waals surface area contributed by atoms with Crippen molar-refractivity contribution in [1.82, 2.24) is 10.2 Å². The average Bonchev–Trinajstić information content (AvgIpc) is 2.80. The van der Waals surface area contributed by atoms with Gasteiger partial charge in [-0.05, 0) is 31.2 Å². The van der Waals surface area contributed by atoms with Crippen LogP contribution in [0, 0.1) is 5.82 Å². The fourth-order valence-corrected chi connectivity index (χ4v) is 3.38. The number of likely N-dealkylation sites (N-methyl/N-ethyl adjacent to an activating group) is 1. The molecule has 0 saturated heterocycles. The standard InChI is InChI=1S/C23H25FN2O6/c1-5-31-22(27)20-17(13-32-18-9-7-6-8-16(18)24)26(2)23(28)25-21(20)15-11-10-14(29-3)12-19(15)30-4/h6-12,21H,5,13H2,1-4H3,(H,25,28)/t21-/m0/s1. The summed E-state index contributed by atoms with van der Waals surface area (Å²) in [5.41, 5.74) is 0.938. The zero-order valence-corrected chi connectivity index (χ0v) is 18.3. The number of halogens is 1. The number of carbonyl (C=O) groups is 2. The fourth-order valence-electron chi connectivity index (χ4n) is 3.38. The number of methoxy groups -OCH3 is 2. The summed E-state index contributed by atoms with van der Waals surface area (Å²) in [6.07, 6.45) is 0. The van der Waals surface area contributed by atoms with Crippen LogP contribution in [0.4, 0.5) is 9.18 Å². The van der Waals surface area contributed by atoms with Gasteiger partial charge in [0.05, 0.1) is 38.1 Å². The van der Waals surface area contributed by atoms with Crippen LogP contribution in [-0.2, 0) is 9.53 Å². The van der Waals surface area contributed by atoms with Crippen LogP contribution in [0.2, 0.25) is 0 Å². The van der Waals surface area contributed by atoms with Crippen molar-refractivity contribution >= 4 is 12.0 Å². The summed E-state index contributed by atoms with van der Waals surface area (Å²) in [5, 5.41) is 2.80. The van der Waals surface area contributed by atoms with Crippen molar-refractivity contribution in [3.8, 4) is 17.2 Å². The van der Waals surface area contributed by atoms with E-state index < -0.39 is 23.9 Å². The summed E-state index contributed by atoms with van der Waals surface area (Å²) in [7, 11) is 4.50. The van der Waals surface area contributed by atoms with Crippen molar-refractivity contribution in [2.75, 3.05) is 34.5 Å². The summed E-state index contributed by atoms with van der Waals surface area (Å²) in [4.78, 5) is 27.0. The Kier molecular flexibility index (Phi) is 7.19. The molecule has 2 aromatic rings. The second-order valence-corrected chi connectivity index (χ2v) is 6.85. The van der Waals surface area contributed by atoms with Crippen molar-refractivity contribution in [3.05, 3.63) is 65.1 Å². The number of nitrogens with zero attached hydrogens (tertiary/aromatic N) is 1. The molecule has 0 spiro atoms. The minimum Gasteiger partial charge on any atom is -0.497 e. The number of ether oxygens (including phenoxy) is 4. The van der Waals surface area contributed by atoms with Gasteiger partial charge in [-0.2, -0.15) is 0 Å². The van der Waals surface area contributed by atoms with E-state index in [1.54, 1.807) is 31.2 Å². The van der Waals surface area contributed by atoms with Crippen LogP contribution in [0.15, 0.2) is 53.7 Å². The van der Waals surface area contributed by atoms with E-state index in [2.05, 4.69) is 5.32 Å². The molecule has 8 nitrogen and oxygen atoms in total. The predicted molar refractivity (Wildman–Crippen MR) is 114 cm³/mol. The van der Waals surface area contributed by atoms with Gasteiger partial charge in [-0.1, -0.05) is 12.1 Å². The molecule has 9 heteroatoms. The topological polar surface area (TPSA) is 86.3 Å². The highest BCUT2D eigenvalue weighted by Crippen LogP contribution is 2.37. The van der Waals surface area contributed by atoms with E-state index in [4.69, 9.17) is 18.9 Å². The van der Waals surface area contributed by atoms with Crippen LogP contribution < -0.4 is 19.5 Å². The molecular formula is C23H25FN2O6. The van der Waals surface area contributed by atoms with Crippen LogP contribution in [0.5, 0.6) is 17.2 Å². The molecular weight excluding hydrogens is 419 g/mol. The Morgan fingerprint density at radius 1 is 1.12 bits per heavy atom. The molecule has 1 heterocycles. The molecule has 0 bridgehead atoms. The van der Waals surface area contributed by atoms with E-state index in [1.807, 2.05) is 0 Å². The Morgan fingerprint density at radius 3 is 2.53 bits per heavy atom.